The van der Waals surface area contributed by atoms with E-state index in [1.807, 2.05) is 6.26 Å². The van der Waals surface area contributed by atoms with Crippen LogP contribution in [0.5, 0.6) is 0 Å². The van der Waals surface area contributed by atoms with E-state index in [0.717, 1.165) is 0 Å². The predicted octanol–water partition coefficient (Wildman–Crippen LogP) is 2.48. The van der Waals surface area contributed by atoms with Gasteiger partial charge in [0.15, 0.2) is 5.02 Å². The smallest absolute Gasteiger partial charge is 0.408 e. The standard InChI is InChI=1S/C9H10ClN5O3S2/c1-19-5-7-11-12-9(18-7)20-3-2-14-4-6(10)8(13-14)15(16)17/h4H,2-3,5H2,1H3. The zero-order chi connectivity index (χ0) is 14.5. The van der Waals surface area contributed by atoms with Crippen LogP contribution in [0.3, 0.4) is 0 Å². The molecule has 0 spiro atoms. The molecule has 0 aromatic carbocycles. The first-order chi connectivity index (χ1) is 9.60. The van der Waals surface area contributed by atoms with Crippen LogP contribution in [0.15, 0.2) is 15.8 Å². The van der Waals surface area contributed by atoms with Gasteiger partial charge in [0.25, 0.3) is 5.22 Å². The van der Waals surface area contributed by atoms with E-state index in [-0.39, 0.29) is 10.8 Å². The lowest BCUT2D eigenvalue weighted by Gasteiger charge is -1.94. The van der Waals surface area contributed by atoms with Gasteiger partial charge in [-0.2, -0.15) is 16.4 Å². The van der Waals surface area contributed by atoms with Crippen LogP contribution in [0, 0.1) is 10.1 Å². The average Bonchev–Trinajstić information content (AvgIpc) is 2.97. The van der Waals surface area contributed by atoms with Crippen LogP contribution in [0.4, 0.5) is 5.82 Å². The third-order valence-electron chi connectivity index (χ3n) is 2.13. The maximum absolute atomic E-state index is 10.6. The van der Waals surface area contributed by atoms with Gasteiger partial charge in [0.2, 0.25) is 5.89 Å². The van der Waals surface area contributed by atoms with Crippen LogP contribution in [-0.4, -0.2) is 36.9 Å². The molecule has 0 aliphatic heterocycles. The van der Waals surface area contributed by atoms with Gasteiger partial charge < -0.3 is 14.5 Å². The van der Waals surface area contributed by atoms with Crippen LogP contribution >= 0.6 is 35.1 Å². The molecule has 0 radical (unpaired) electrons. The molecule has 0 amide bonds. The molecule has 0 N–H and O–H groups in total. The van der Waals surface area contributed by atoms with Crippen LogP contribution in [-0.2, 0) is 12.3 Å². The fourth-order valence-electron chi connectivity index (χ4n) is 1.33. The van der Waals surface area contributed by atoms with Gasteiger partial charge >= 0.3 is 5.82 Å². The van der Waals surface area contributed by atoms with Crippen molar-refractivity contribution in [1.82, 2.24) is 20.0 Å². The molecule has 0 saturated carbocycles. The number of hydrogen-bond acceptors (Lipinski definition) is 8. The van der Waals surface area contributed by atoms with Gasteiger partial charge in [-0.15, -0.1) is 10.2 Å². The van der Waals surface area contributed by atoms with Gasteiger partial charge in [-0.05, 0) is 11.2 Å². The van der Waals surface area contributed by atoms with E-state index in [1.54, 1.807) is 11.8 Å². The van der Waals surface area contributed by atoms with Crippen LogP contribution in [0.25, 0.3) is 0 Å². The second-order valence-electron chi connectivity index (χ2n) is 3.56. The van der Waals surface area contributed by atoms with Gasteiger partial charge in [0.05, 0.1) is 23.6 Å². The normalized spacial score (nSPS) is 10.9. The molecule has 11 heteroatoms. The minimum absolute atomic E-state index is 0.0278. The summed E-state index contributed by atoms with van der Waals surface area (Å²) in [6, 6.07) is 0. The van der Waals surface area contributed by atoms with Gasteiger partial charge in [-0.25, -0.2) is 0 Å². The molecule has 8 nitrogen and oxygen atoms in total. The number of aryl methyl sites for hydroxylation is 1. The lowest BCUT2D eigenvalue weighted by molar-refractivity contribution is -0.389. The molecule has 0 aliphatic rings. The Morgan fingerprint density at radius 3 is 3.00 bits per heavy atom. The minimum Gasteiger partial charge on any atom is -0.415 e. The molecule has 2 aromatic heterocycles. The molecule has 108 valence electrons. The summed E-state index contributed by atoms with van der Waals surface area (Å²) in [4.78, 5) is 9.99. The maximum Gasteiger partial charge on any atom is 0.408 e. The minimum atomic E-state index is -0.612. The van der Waals surface area contributed by atoms with Gasteiger partial charge in [-0.1, -0.05) is 23.4 Å². The van der Waals surface area contributed by atoms with Crippen molar-refractivity contribution in [3.05, 3.63) is 27.2 Å². The first kappa shape index (κ1) is 15.1. The van der Waals surface area contributed by atoms with Crippen LogP contribution < -0.4 is 0 Å². The summed E-state index contributed by atoms with van der Waals surface area (Å²) >= 11 is 8.66. The molecule has 2 rings (SSSR count). The monoisotopic (exact) mass is 335 g/mol. The summed E-state index contributed by atoms with van der Waals surface area (Å²) in [7, 11) is 0. The van der Waals surface area contributed by atoms with E-state index in [2.05, 4.69) is 15.3 Å². The fraction of sp³-hybridized carbons (Fsp3) is 0.444. The van der Waals surface area contributed by atoms with Crippen molar-refractivity contribution in [2.75, 3.05) is 12.0 Å². The fourth-order valence-corrected chi connectivity index (χ4v) is 2.62. The van der Waals surface area contributed by atoms with Gasteiger partial charge in [0, 0.05) is 5.75 Å². The Morgan fingerprint density at radius 1 is 1.55 bits per heavy atom. The summed E-state index contributed by atoms with van der Waals surface area (Å²) in [6.45, 7) is 0.457. The number of aromatic nitrogens is 4. The maximum atomic E-state index is 10.6. The highest BCUT2D eigenvalue weighted by atomic mass is 35.5. The first-order valence-electron chi connectivity index (χ1n) is 5.41. The van der Waals surface area contributed by atoms with Crippen molar-refractivity contribution in [3.8, 4) is 0 Å². The van der Waals surface area contributed by atoms with Gasteiger partial charge in [0.1, 0.15) is 0 Å². The van der Waals surface area contributed by atoms with Crippen molar-refractivity contribution >= 4 is 40.9 Å². The van der Waals surface area contributed by atoms with E-state index in [4.69, 9.17) is 16.0 Å². The van der Waals surface area contributed by atoms with Crippen LogP contribution in [0.2, 0.25) is 5.02 Å². The van der Waals surface area contributed by atoms with Crippen molar-refractivity contribution in [2.45, 2.75) is 17.5 Å². The van der Waals surface area contributed by atoms with E-state index in [9.17, 15) is 10.1 Å². The number of thioether (sulfide) groups is 2. The molecule has 0 aliphatic carbocycles. The van der Waals surface area contributed by atoms with Gasteiger partial charge in [-0.3, -0.25) is 0 Å². The topological polar surface area (TPSA) is 99.9 Å². The number of halogens is 1. The highest BCUT2D eigenvalue weighted by molar-refractivity contribution is 7.99. The van der Waals surface area contributed by atoms with E-state index >= 15 is 0 Å². The quantitative estimate of drug-likeness (QED) is 0.432. The molecule has 0 saturated heterocycles. The average molecular weight is 336 g/mol. The summed E-state index contributed by atoms with van der Waals surface area (Å²) in [5.74, 6) is 1.51. The molecule has 0 bridgehead atoms. The van der Waals surface area contributed by atoms with Crippen molar-refractivity contribution in [1.29, 1.82) is 0 Å². The summed E-state index contributed by atoms with van der Waals surface area (Å²) < 4.78 is 6.81. The Labute approximate surface area is 127 Å². The number of rotatable bonds is 7. The molecular formula is C9H10ClN5O3S2. The molecule has 0 atom stereocenters. The highest BCUT2D eigenvalue weighted by Gasteiger charge is 2.18. The Hall–Kier alpha value is -1.26. The second kappa shape index (κ2) is 6.95. The second-order valence-corrected chi connectivity index (χ2v) is 5.88. The summed E-state index contributed by atoms with van der Waals surface area (Å²) in [5.41, 5.74) is 0. The molecular weight excluding hydrogens is 326 g/mol. The molecule has 2 heterocycles. The predicted molar refractivity (Wildman–Crippen MR) is 76.1 cm³/mol. The van der Waals surface area contributed by atoms with Crippen molar-refractivity contribution in [3.63, 3.8) is 0 Å². The first-order valence-corrected chi connectivity index (χ1v) is 8.17. The lowest BCUT2D eigenvalue weighted by Crippen LogP contribution is -2.01. The Kier molecular flexibility index (Phi) is 5.26. The van der Waals surface area contributed by atoms with Crippen molar-refractivity contribution < 1.29 is 9.34 Å². The number of nitrogens with zero attached hydrogens (tertiary/aromatic N) is 5. The number of hydrogen-bond donors (Lipinski definition) is 0. The zero-order valence-electron chi connectivity index (χ0n) is 10.4. The zero-order valence-corrected chi connectivity index (χ0v) is 12.7. The van der Waals surface area contributed by atoms with Crippen molar-refractivity contribution in [2.24, 2.45) is 0 Å². The largest absolute Gasteiger partial charge is 0.415 e. The third kappa shape index (κ3) is 3.87. The highest BCUT2D eigenvalue weighted by Crippen LogP contribution is 2.22. The lowest BCUT2D eigenvalue weighted by atomic mass is 10.6. The Balaban J connectivity index is 1.86. The molecule has 20 heavy (non-hydrogen) atoms. The Morgan fingerprint density at radius 2 is 2.35 bits per heavy atom. The molecule has 0 fully saturated rings. The third-order valence-corrected chi connectivity index (χ3v) is 3.74. The molecule has 2 aromatic rings. The van der Waals surface area contributed by atoms with E-state index in [1.165, 1.54) is 22.6 Å². The summed E-state index contributed by atoms with van der Waals surface area (Å²) in [5, 5.41) is 22.6. The van der Waals surface area contributed by atoms with E-state index in [0.29, 0.717) is 29.2 Å². The molecule has 0 unspecified atom stereocenters. The van der Waals surface area contributed by atoms with Crippen LogP contribution in [0.1, 0.15) is 5.89 Å². The number of nitro groups is 1. The summed E-state index contributed by atoms with van der Waals surface area (Å²) in [6.07, 6.45) is 3.37. The van der Waals surface area contributed by atoms with E-state index < -0.39 is 4.92 Å². The Bertz CT molecular complexity index is 602. The SMILES string of the molecule is CSCc1nnc(SCCn2cc(Cl)c([N+](=O)[O-])n2)o1.